The maximum Gasteiger partial charge on any atom is 0.141 e. The Morgan fingerprint density at radius 3 is 2.42 bits per heavy atom. The van der Waals surface area contributed by atoms with E-state index in [-0.39, 0.29) is 6.61 Å². The average molecular weight is 333 g/mol. The number of ether oxygens (including phenoxy) is 2. The minimum absolute atomic E-state index is 0.141. The lowest BCUT2D eigenvalue weighted by molar-refractivity contribution is -0.208. The quantitative estimate of drug-likeness (QED) is 0.696. The molecule has 3 N–H and O–H groups in total. The van der Waals surface area contributed by atoms with Crippen LogP contribution in [0.1, 0.15) is 5.56 Å². The summed E-state index contributed by atoms with van der Waals surface area (Å²) in [6.45, 7) is 0.543. The largest absolute Gasteiger partial charge is 0.387 e. The van der Waals surface area contributed by atoms with Crippen LogP contribution in [0.5, 0.6) is 0 Å². The predicted octanol–water partition coefficient (Wildman–Crippen LogP) is 0.406. The van der Waals surface area contributed by atoms with E-state index in [0.717, 1.165) is 5.56 Å². The molecular weight excluding hydrogens is 316 g/mol. The fraction of sp³-hybridized carbons (Fsp3) is 0.538. The SMILES string of the molecule is O[C@@H]1[C@@H](O)[C@@H](Br)O[C@H](COCc2ccccc2)[C@@H]1O. The highest BCUT2D eigenvalue weighted by Gasteiger charge is 2.42. The van der Waals surface area contributed by atoms with Crippen LogP contribution >= 0.6 is 15.9 Å². The molecule has 0 aromatic heterocycles. The number of alkyl halides is 1. The molecule has 0 radical (unpaired) electrons. The molecule has 106 valence electrons. The first-order valence-electron chi connectivity index (χ1n) is 6.05. The molecule has 0 unspecified atom stereocenters. The number of hydrogen-bond acceptors (Lipinski definition) is 5. The van der Waals surface area contributed by atoms with E-state index < -0.39 is 29.4 Å². The van der Waals surface area contributed by atoms with E-state index >= 15 is 0 Å². The summed E-state index contributed by atoms with van der Waals surface area (Å²) >= 11 is 3.10. The van der Waals surface area contributed by atoms with Crippen LogP contribution in [0.25, 0.3) is 0 Å². The van der Waals surface area contributed by atoms with Gasteiger partial charge in [0.1, 0.15) is 29.4 Å². The van der Waals surface area contributed by atoms with E-state index in [9.17, 15) is 15.3 Å². The van der Waals surface area contributed by atoms with Gasteiger partial charge in [-0.3, -0.25) is 0 Å². The molecule has 1 aromatic carbocycles. The summed E-state index contributed by atoms with van der Waals surface area (Å²) in [6, 6.07) is 9.62. The Kier molecular flexibility index (Phi) is 5.32. The molecule has 1 aliphatic heterocycles. The molecular formula is C13H17BrO5. The van der Waals surface area contributed by atoms with E-state index in [4.69, 9.17) is 9.47 Å². The van der Waals surface area contributed by atoms with Crippen LogP contribution in [0, 0.1) is 0 Å². The third-order valence-electron chi connectivity index (χ3n) is 3.05. The van der Waals surface area contributed by atoms with Gasteiger partial charge in [-0.25, -0.2) is 0 Å². The van der Waals surface area contributed by atoms with Crippen LogP contribution in [-0.4, -0.2) is 51.4 Å². The van der Waals surface area contributed by atoms with Gasteiger partial charge in [-0.2, -0.15) is 0 Å². The van der Waals surface area contributed by atoms with Crippen molar-refractivity contribution in [2.75, 3.05) is 6.61 Å². The zero-order chi connectivity index (χ0) is 13.8. The second-order valence-corrected chi connectivity index (χ2v) is 5.40. The van der Waals surface area contributed by atoms with Crippen molar-refractivity contribution < 1.29 is 24.8 Å². The van der Waals surface area contributed by atoms with E-state index in [1.54, 1.807) is 0 Å². The number of halogens is 1. The Morgan fingerprint density at radius 1 is 1.05 bits per heavy atom. The third kappa shape index (κ3) is 3.75. The molecule has 1 heterocycles. The lowest BCUT2D eigenvalue weighted by Gasteiger charge is -2.38. The lowest BCUT2D eigenvalue weighted by atomic mass is 10.0. The molecule has 1 saturated heterocycles. The minimum Gasteiger partial charge on any atom is -0.387 e. The summed E-state index contributed by atoms with van der Waals surface area (Å²) in [4.78, 5) is 0. The van der Waals surface area contributed by atoms with Crippen molar-refractivity contribution in [3.8, 4) is 0 Å². The Bertz CT molecular complexity index is 388. The first-order valence-corrected chi connectivity index (χ1v) is 6.96. The normalized spacial score (nSPS) is 35.3. The Hall–Kier alpha value is -0.500. The van der Waals surface area contributed by atoms with Crippen molar-refractivity contribution in [3.05, 3.63) is 35.9 Å². The van der Waals surface area contributed by atoms with Crippen molar-refractivity contribution in [2.24, 2.45) is 0 Å². The molecule has 2 rings (SSSR count). The Morgan fingerprint density at radius 2 is 1.74 bits per heavy atom. The molecule has 1 fully saturated rings. The van der Waals surface area contributed by atoms with E-state index in [1.807, 2.05) is 30.3 Å². The first kappa shape index (κ1) is 14.9. The first-order chi connectivity index (χ1) is 9.09. The van der Waals surface area contributed by atoms with Crippen LogP contribution in [0.4, 0.5) is 0 Å². The second-order valence-electron chi connectivity index (χ2n) is 4.50. The van der Waals surface area contributed by atoms with Crippen molar-refractivity contribution >= 4 is 15.9 Å². The maximum atomic E-state index is 9.79. The number of aliphatic hydroxyl groups is 3. The highest BCUT2D eigenvalue weighted by molar-refractivity contribution is 9.09. The van der Waals surface area contributed by atoms with Crippen LogP contribution in [0.2, 0.25) is 0 Å². The summed E-state index contributed by atoms with van der Waals surface area (Å²) in [5.41, 5.74) is 1.02. The zero-order valence-corrected chi connectivity index (χ0v) is 11.8. The molecule has 5 atom stereocenters. The summed E-state index contributed by atoms with van der Waals surface area (Å²) in [5, 5.41) is 28.2. The molecule has 1 aliphatic rings. The molecule has 6 heteroatoms. The van der Waals surface area contributed by atoms with Crippen molar-refractivity contribution in [1.82, 2.24) is 0 Å². The topological polar surface area (TPSA) is 79.2 Å². The monoisotopic (exact) mass is 332 g/mol. The van der Waals surface area contributed by atoms with E-state index in [0.29, 0.717) is 6.61 Å². The average Bonchev–Trinajstić information content (AvgIpc) is 2.43. The predicted molar refractivity (Wildman–Crippen MR) is 71.7 cm³/mol. The van der Waals surface area contributed by atoms with E-state index in [1.165, 1.54) is 0 Å². The van der Waals surface area contributed by atoms with Gasteiger partial charge in [0.2, 0.25) is 0 Å². The summed E-state index contributed by atoms with van der Waals surface area (Å²) in [7, 11) is 0. The van der Waals surface area contributed by atoms with Gasteiger partial charge in [-0.1, -0.05) is 46.3 Å². The van der Waals surface area contributed by atoms with Gasteiger partial charge in [0.05, 0.1) is 13.2 Å². The van der Waals surface area contributed by atoms with Crippen molar-refractivity contribution in [2.45, 2.75) is 36.0 Å². The molecule has 0 amide bonds. The fourth-order valence-electron chi connectivity index (χ4n) is 1.91. The molecule has 0 aliphatic carbocycles. The minimum atomic E-state index is -1.25. The van der Waals surface area contributed by atoms with Crippen LogP contribution in [-0.2, 0) is 16.1 Å². The van der Waals surface area contributed by atoms with Crippen molar-refractivity contribution in [3.63, 3.8) is 0 Å². The van der Waals surface area contributed by atoms with Gasteiger partial charge >= 0.3 is 0 Å². The van der Waals surface area contributed by atoms with E-state index in [2.05, 4.69) is 15.9 Å². The number of rotatable bonds is 4. The molecule has 0 bridgehead atoms. The van der Waals surface area contributed by atoms with Gasteiger partial charge in [-0.05, 0) is 5.56 Å². The standard InChI is InChI=1S/C13H17BrO5/c14-13-12(17)11(16)10(15)9(19-13)7-18-6-8-4-2-1-3-5-8/h1-5,9-13,15-17H,6-7H2/t9-,10+,11+,12-,13+/m1/s1. The van der Waals surface area contributed by atoms with Gasteiger partial charge in [0.15, 0.2) is 0 Å². The number of hydrogen-bond donors (Lipinski definition) is 3. The van der Waals surface area contributed by atoms with Crippen molar-refractivity contribution in [1.29, 1.82) is 0 Å². The molecule has 0 saturated carbocycles. The molecule has 1 aromatic rings. The Balaban J connectivity index is 1.82. The zero-order valence-electron chi connectivity index (χ0n) is 10.2. The number of benzene rings is 1. The highest BCUT2D eigenvalue weighted by atomic mass is 79.9. The van der Waals surface area contributed by atoms with Crippen LogP contribution in [0.3, 0.4) is 0 Å². The fourth-order valence-corrected chi connectivity index (χ4v) is 2.50. The molecule has 0 spiro atoms. The maximum absolute atomic E-state index is 9.79. The Labute approximate surface area is 119 Å². The summed E-state index contributed by atoms with van der Waals surface area (Å²) < 4.78 is 10.8. The summed E-state index contributed by atoms with van der Waals surface area (Å²) in [5.74, 6) is 0. The highest BCUT2D eigenvalue weighted by Crippen LogP contribution is 2.25. The number of aliphatic hydroxyl groups excluding tert-OH is 3. The summed E-state index contributed by atoms with van der Waals surface area (Å²) in [6.07, 6.45) is -4.24. The second kappa shape index (κ2) is 6.78. The van der Waals surface area contributed by atoms with Gasteiger partial charge in [-0.15, -0.1) is 0 Å². The lowest BCUT2D eigenvalue weighted by Crippen LogP contribution is -2.56. The van der Waals surface area contributed by atoms with Gasteiger partial charge in [0.25, 0.3) is 0 Å². The molecule has 5 nitrogen and oxygen atoms in total. The van der Waals surface area contributed by atoms with Crippen LogP contribution in [0.15, 0.2) is 30.3 Å². The van der Waals surface area contributed by atoms with Crippen LogP contribution < -0.4 is 0 Å². The van der Waals surface area contributed by atoms with Gasteiger partial charge in [0, 0.05) is 0 Å². The third-order valence-corrected chi connectivity index (χ3v) is 3.81. The molecule has 19 heavy (non-hydrogen) atoms. The smallest absolute Gasteiger partial charge is 0.141 e. The van der Waals surface area contributed by atoms with Gasteiger partial charge < -0.3 is 24.8 Å².